The Morgan fingerprint density at radius 3 is 2.69 bits per heavy atom. The predicted octanol–water partition coefficient (Wildman–Crippen LogP) is 3.54. The lowest BCUT2D eigenvalue weighted by atomic mass is 10.1. The molecule has 0 unspecified atom stereocenters. The molecule has 2 heterocycles. The summed E-state index contributed by atoms with van der Waals surface area (Å²) >= 11 is 6.83. The monoisotopic (exact) mass is 430 g/mol. The Labute approximate surface area is 175 Å². The molecule has 3 amide bonds. The summed E-state index contributed by atoms with van der Waals surface area (Å²) in [6.45, 7) is 0.801. The van der Waals surface area contributed by atoms with Crippen LogP contribution in [-0.4, -0.2) is 41.8 Å². The van der Waals surface area contributed by atoms with Crippen molar-refractivity contribution in [3.05, 3.63) is 63.5 Å². The first-order valence-electron chi connectivity index (χ1n) is 8.69. The number of thioether (sulfide) groups is 1. The summed E-state index contributed by atoms with van der Waals surface area (Å²) in [6, 6.07) is 12.0. The summed E-state index contributed by atoms with van der Waals surface area (Å²) in [4.78, 5) is 37.2. The molecule has 7 nitrogen and oxygen atoms in total. The van der Waals surface area contributed by atoms with Gasteiger partial charge in [-0.05, 0) is 53.7 Å². The van der Waals surface area contributed by atoms with Crippen LogP contribution in [0.3, 0.4) is 0 Å². The third-order valence-corrected chi connectivity index (χ3v) is 5.33. The number of amides is 3. The van der Waals surface area contributed by atoms with Crippen LogP contribution in [0.5, 0.6) is 11.5 Å². The van der Waals surface area contributed by atoms with Crippen LogP contribution in [0.15, 0.2) is 47.4 Å². The van der Waals surface area contributed by atoms with Gasteiger partial charge in [0.25, 0.3) is 17.1 Å². The SMILES string of the molecule is O=C1NC(=O)/C(=C/c2ccc(OCCN3COc4ccc(Cl)cc4C3=O)cc2)S1. The van der Waals surface area contributed by atoms with Crippen molar-refractivity contribution < 1.29 is 23.9 Å². The summed E-state index contributed by atoms with van der Waals surface area (Å²) in [5.74, 6) is 0.607. The fraction of sp³-hybridized carbons (Fsp3) is 0.150. The highest BCUT2D eigenvalue weighted by Gasteiger charge is 2.26. The number of carbonyl (C=O) groups is 3. The van der Waals surface area contributed by atoms with Gasteiger partial charge in [-0.3, -0.25) is 19.7 Å². The van der Waals surface area contributed by atoms with Gasteiger partial charge in [0.05, 0.1) is 17.0 Å². The van der Waals surface area contributed by atoms with Crippen molar-refractivity contribution in [2.45, 2.75) is 0 Å². The zero-order valence-electron chi connectivity index (χ0n) is 15.0. The van der Waals surface area contributed by atoms with E-state index in [1.54, 1.807) is 53.4 Å². The predicted molar refractivity (Wildman–Crippen MR) is 109 cm³/mol. The average Bonchev–Trinajstić information content (AvgIpc) is 3.02. The normalized spacial score (nSPS) is 17.2. The number of carbonyl (C=O) groups excluding carboxylic acids is 3. The van der Waals surface area contributed by atoms with E-state index in [1.807, 2.05) is 0 Å². The van der Waals surface area contributed by atoms with E-state index in [0.717, 1.165) is 17.3 Å². The number of halogens is 1. The Bertz CT molecular complexity index is 1020. The number of imide groups is 1. The molecule has 4 rings (SSSR count). The highest BCUT2D eigenvalue weighted by molar-refractivity contribution is 8.18. The van der Waals surface area contributed by atoms with Gasteiger partial charge < -0.3 is 14.4 Å². The zero-order chi connectivity index (χ0) is 20.4. The maximum absolute atomic E-state index is 12.5. The van der Waals surface area contributed by atoms with E-state index in [-0.39, 0.29) is 24.5 Å². The number of hydrogen-bond acceptors (Lipinski definition) is 6. The van der Waals surface area contributed by atoms with Gasteiger partial charge in [0.1, 0.15) is 18.1 Å². The first-order chi connectivity index (χ1) is 14.0. The number of rotatable bonds is 5. The third-order valence-electron chi connectivity index (χ3n) is 4.28. The molecule has 0 aromatic heterocycles. The number of ether oxygens (including phenoxy) is 2. The van der Waals surface area contributed by atoms with E-state index in [0.29, 0.717) is 33.5 Å². The lowest BCUT2D eigenvalue weighted by molar-refractivity contribution is -0.115. The second-order valence-corrected chi connectivity index (χ2v) is 7.70. The topological polar surface area (TPSA) is 84.9 Å². The van der Waals surface area contributed by atoms with Crippen LogP contribution in [0.2, 0.25) is 5.02 Å². The third kappa shape index (κ3) is 4.38. The first-order valence-corrected chi connectivity index (χ1v) is 9.88. The van der Waals surface area contributed by atoms with E-state index in [9.17, 15) is 14.4 Å². The number of benzene rings is 2. The van der Waals surface area contributed by atoms with Crippen LogP contribution in [0.25, 0.3) is 6.08 Å². The molecular weight excluding hydrogens is 416 g/mol. The molecule has 0 atom stereocenters. The molecule has 0 spiro atoms. The van der Waals surface area contributed by atoms with Crippen LogP contribution in [0.4, 0.5) is 4.79 Å². The van der Waals surface area contributed by atoms with Gasteiger partial charge in [-0.25, -0.2) is 0 Å². The molecule has 9 heteroatoms. The molecule has 29 heavy (non-hydrogen) atoms. The molecule has 1 fully saturated rings. The van der Waals surface area contributed by atoms with Crippen LogP contribution in [0.1, 0.15) is 15.9 Å². The van der Waals surface area contributed by atoms with Crippen molar-refractivity contribution in [3.63, 3.8) is 0 Å². The fourth-order valence-electron chi connectivity index (χ4n) is 2.84. The maximum atomic E-state index is 12.5. The number of nitrogens with one attached hydrogen (secondary N) is 1. The zero-order valence-corrected chi connectivity index (χ0v) is 16.6. The lowest BCUT2D eigenvalue weighted by Gasteiger charge is -2.28. The Morgan fingerprint density at radius 1 is 1.17 bits per heavy atom. The van der Waals surface area contributed by atoms with Crippen molar-refractivity contribution in [3.8, 4) is 11.5 Å². The van der Waals surface area contributed by atoms with E-state index < -0.39 is 5.91 Å². The van der Waals surface area contributed by atoms with Crippen molar-refractivity contribution in [2.24, 2.45) is 0 Å². The van der Waals surface area contributed by atoms with Gasteiger partial charge in [-0.2, -0.15) is 0 Å². The lowest BCUT2D eigenvalue weighted by Crippen LogP contribution is -2.41. The summed E-state index contributed by atoms with van der Waals surface area (Å²) in [7, 11) is 0. The molecular formula is C20H15ClN2O5S. The minimum absolute atomic E-state index is 0.152. The number of hydrogen-bond donors (Lipinski definition) is 1. The molecule has 1 saturated heterocycles. The number of fused-ring (bicyclic) bond motifs is 1. The van der Waals surface area contributed by atoms with Gasteiger partial charge in [0, 0.05) is 5.02 Å². The summed E-state index contributed by atoms with van der Waals surface area (Å²) < 4.78 is 11.3. The van der Waals surface area contributed by atoms with E-state index in [4.69, 9.17) is 21.1 Å². The van der Waals surface area contributed by atoms with Gasteiger partial charge in [0.15, 0.2) is 6.73 Å². The van der Waals surface area contributed by atoms with Crippen LogP contribution >= 0.6 is 23.4 Å². The molecule has 1 N–H and O–H groups in total. The summed E-state index contributed by atoms with van der Waals surface area (Å²) in [6.07, 6.45) is 1.64. The Hall–Kier alpha value is -2.97. The molecule has 2 aliphatic rings. The summed E-state index contributed by atoms with van der Waals surface area (Å²) in [5, 5.41) is 2.32. The highest BCUT2D eigenvalue weighted by atomic mass is 35.5. The minimum Gasteiger partial charge on any atom is -0.492 e. The molecule has 2 aliphatic heterocycles. The van der Waals surface area contributed by atoms with Gasteiger partial charge in [-0.1, -0.05) is 23.7 Å². The summed E-state index contributed by atoms with van der Waals surface area (Å²) in [5.41, 5.74) is 1.21. The molecule has 0 bridgehead atoms. The van der Waals surface area contributed by atoms with Crippen molar-refractivity contribution >= 4 is 46.5 Å². The smallest absolute Gasteiger partial charge is 0.290 e. The van der Waals surface area contributed by atoms with Crippen molar-refractivity contribution in [1.82, 2.24) is 10.2 Å². The standard InChI is InChI=1S/C20H15ClN2O5S/c21-13-3-6-16-15(10-13)19(25)23(11-28-16)7-8-27-14-4-1-12(2-5-14)9-17-18(24)22-20(26)29-17/h1-6,9-10H,7-8,11H2,(H,22,24,26)/b17-9-. The fourth-order valence-corrected chi connectivity index (χ4v) is 3.70. The molecule has 2 aromatic carbocycles. The quantitative estimate of drug-likeness (QED) is 0.730. The Balaban J connectivity index is 1.32. The second kappa shape index (κ2) is 8.18. The minimum atomic E-state index is -0.392. The van der Waals surface area contributed by atoms with Gasteiger partial charge in [0.2, 0.25) is 0 Å². The van der Waals surface area contributed by atoms with Crippen molar-refractivity contribution in [1.29, 1.82) is 0 Å². The number of nitrogens with zero attached hydrogens (tertiary/aromatic N) is 1. The van der Waals surface area contributed by atoms with E-state index in [1.165, 1.54) is 0 Å². The van der Waals surface area contributed by atoms with Crippen LogP contribution in [0, 0.1) is 0 Å². The average molecular weight is 431 g/mol. The van der Waals surface area contributed by atoms with Crippen LogP contribution in [-0.2, 0) is 4.79 Å². The molecule has 2 aromatic rings. The Kier molecular flexibility index (Phi) is 5.46. The molecule has 148 valence electrons. The maximum Gasteiger partial charge on any atom is 0.290 e. The van der Waals surface area contributed by atoms with E-state index >= 15 is 0 Å². The van der Waals surface area contributed by atoms with Gasteiger partial charge in [-0.15, -0.1) is 0 Å². The highest BCUT2D eigenvalue weighted by Crippen LogP contribution is 2.28. The van der Waals surface area contributed by atoms with Crippen LogP contribution < -0.4 is 14.8 Å². The van der Waals surface area contributed by atoms with E-state index in [2.05, 4.69) is 5.32 Å². The largest absolute Gasteiger partial charge is 0.492 e. The molecule has 0 aliphatic carbocycles. The molecule has 0 saturated carbocycles. The molecule has 0 radical (unpaired) electrons. The van der Waals surface area contributed by atoms with Gasteiger partial charge >= 0.3 is 0 Å². The first kappa shape index (κ1) is 19.4. The van der Waals surface area contributed by atoms with Crippen molar-refractivity contribution in [2.75, 3.05) is 19.9 Å². The Morgan fingerprint density at radius 2 is 1.97 bits per heavy atom. The second-order valence-electron chi connectivity index (χ2n) is 6.25.